The van der Waals surface area contributed by atoms with E-state index in [2.05, 4.69) is 219 Å². The SMILES string of the molecule is CC1(C)c2cc(-c3cc4ccccc4c4ccccc34)ccc2-c2ccc(N(c3ccccc3)c3ccc(-c4cccc(-c5ccccc5)c4)cc3)cc21. The van der Waals surface area contributed by atoms with Crippen molar-refractivity contribution in [1.82, 2.24) is 0 Å². The summed E-state index contributed by atoms with van der Waals surface area (Å²) in [7, 11) is 0. The van der Waals surface area contributed by atoms with Crippen LogP contribution in [0.25, 0.3) is 66.1 Å². The molecule has 0 amide bonds. The van der Waals surface area contributed by atoms with Crippen molar-refractivity contribution in [2.75, 3.05) is 4.90 Å². The molecule has 0 heterocycles. The molecule has 256 valence electrons. The normalized spacial score (nSPS) is 12.8. The second-order valence-electron chi connectivity index (χ2n) is 15.0. The molecule has 9 aromatic rings. The monoisotopic (exact) mass is 689 g/mol. The third-order valence-electron chi connectivity index (χ3n) is 11.4. The minimum atomic E-state index is -0.181. The Balaban J connectivity index is 1.03. The van der Waals surface area contributed by atoms with Gasteiger partial charge in [-0.05, 0) is 132 Å². The second kappa shape index (κ2) is 12.8. The molecular formula is C53H39N. The molecule has 0 aliphatic heterocycles. The van der Waals surface area contributed by atoms with E-state index in [0.717, 1.165) is 17.1 Å². The highest BCUT2D eigenvalue weighted by atomic mass is 15.1. The lowest BCUT2D eigenvalue weighted by Crippen LogP contribution is -2.16. The van der Waals surface area contributed by atoms with Gasteiger partial charge in [-0.1, -0.05) is 159 Å². The summed E-state index contributed by atoms with van der Waals surface area (Å²) in [4.78, 5) is 2.39. The van der Waals surface area contributed by atoms with E-state index >= 15 is 0 Å². The van der Waals surface area contributed by atoms with E-state index in [1.807, 2.05) is 0 Å². The molecule has 54 heavy (non-hydrogen) atoms. The smallest absolute Gasteiger partial charge is 0.0465 e. The third kappa shape index (κ3) is 5.32. The molecule has 0 N–H and O–H groups in total. The summed E-state index contributed by atoms with van der Waals surface area (Å²) in [6, 6.07) is 73.3. The zero-order valence-electron chi connectivity index (χ0n) is 30.5. The van der Waals surface area contributed by atoms with E-state index in [9.17, 15) is 0 Å². The Kier molecular flexibility index (Phi) is 7.56. The highest BCUT2D eigenvalue weighted by Gasteiger charge is 2.36. The lowest BCUT2D eigenvalue weighted by Gasteiger charge is -2.28. The van der Waals surface area contributed by atoms with Gasteiger partial charge in [0.05, 0.1) is 0 Å². The minimum absolute atomic E-state index is 0.181. The predicted octanol–water partition coefficient (Wildman–Crippen LogP) is 14.8. The van der Waals surface area contributed by atoms with E-state index < -0.39 is 0 Å². The summed E-state index contributed by atoms with van der Waals surface area (Å²) in [6.07, 6.45) is 0. The summed E-state index contributed by atoms with van der Waals surface area (Å²) >= 11 is 0. The first-order chi connectivity index (χ1) is 26.5. The number of benzene rings is 9. The standard InChI is InChI=1S/C53H39N/c1-53(2)51-34-41(50-33-40-16-9-10-21-45(40)46-22-11-12-23-47(46)50)26-30-48(51)49-31-29-44(35-52(49)53)54(42-19-7-4-8-20-42)43-27-24-37(25-28-43)39-18-13-17-38(32-39)36-14-5-3-6-15-36/h3-35H,1-2H3. The first-order valence-electron chi connectivity index (χ1n) is 18.8. The summed E-state index contributed by atoms with van der Waals surface area (Å²) < 4.78 is 0. The molecule has 0 aromatic heterocycles. The van der Waals surface area contributed by atoms with E-state index in [1.54, 1.807) is 0 Å². The molecule has 0 bridgehead atoms. The van der Waals surface area contributed by atoms with Crippen molar-refractivity contribution in [3.8, 4) is 44.5 Å². The van der Waals surface area contributed by atoms with Crippen molar-refractivity contribution in [2.45, 2.75) is 19.3 Å². The number of hydrogen-bond acceptors (Lipinski definition) is 1. The summed E-state index contributed by atoms with van der Waals surface area (Å²) in [5.41, 5.74) is 16.0. The van der Waals surface area contributed by atoms with Crippen LogP contribution in [0.3, 0.4) is 0 Å². The Morgan fingerprint density at radius 1 is 0.315 bits per heavy atom. The average Bonchev–Trinajstić information content (AvgIpc) is 3.46. The van der Waals surface area contributed by atoms with Gasteiger partial charge in [0.2, 0.25) is 0 Å². The number of hydrogen-bond donors (Lipinski definition) is 0. The topological polar surface area (TPSA) is 3.24 Å². The fourth-order valence-corrected chi connectivity index (χ4v) is 8.66. The molecule has 10 rings (SSSR count). The van der Waals surface area contributed by atoms with Crippen molar-refractivity contribution in [3.05, 3.63) is 211 Å². The Morgan fingerprint density at radius 2 is 0.833 bits per heavy atom. The fraction of sp³-hybridized carbons (Fsp3) is 0.0566. The van der Waals surface area contributed by atoms with Gasteiger partial charge in [-0.2, -0.15) is 0 Å². The van der Waals surface area contributed by atoms with Crippen molar-refractivity contribution in [1.29, 1.82) is 0 Å². The maximum Gasteiger partial charge on any atom is 0.0465 e. The van der Waals surface area contributed by atoms with E-state index in [4.69, 9.17) is 0 Å². The lowest BCUT2D eigenvalue weighted by molar-refractivity contribution is 0.660. The van der Waals surface area contributed by atoms with Crippen LogP contribution < -0.4 is 4.90 Å². The average molecular weight is 690 g/mol. The molecule has 1 aliphatic rings. The van der Waals surface area contributed by atoms with Crippen LogP contribution >= 0.6 is 0 Å². The summed E-state index contributed by atoms with van der Waals surface area (Å²) in [5, 5.41) is 5.16. The quantitative estimate of drug-likeness (QED) is 0.157. The first kappa shape index (κ1) is 32.0. The van der Waals surface area contributed by atoms with Crippen LogP contribution in [-0.4, -0.2) is 0 Å². The van der Waals surface area contributed by atoms with E-state index in [1.165, 1.54) is 77.2 Å². The van der Waals surface area contributed by atoms with Crippen molar-refractivity contribution >= 4 is 38.6 Å². The van der Waals surface area contributed by atoms with Gasteiger partial charge in [-0.25, -0.2) is 0 Å². The molecule has 0 saturated heterocycles. The third-order valence-corrected chi connectivity index (χ3v) is 11.4. The Labute approximate surface area is 317 Å². The largest absolute Gasteiger partial charge is 0.310 e. The lowest BCUT2D eigenvalue weighted by atomic mass is 9.81. The highest BCUT2D eigenvalue weighted by Crippen LogP contribution is 2.52. The molecule has 0 fully saturated rings. The zero-order valence-corrected chi connectivity index (χ0v) is 30.5. The highest BCUT2D eigenvalue weighted by molar-refractivity contribution is 6.14. The molecule has 0 spiro atoms. The first-order valence-corrected chi connectivity index (χ1v) is 18.8. The summed E-state index contributed by atoms with van der Waals surface area (Å²) in [5.74, 6) is 0. The van der Waals surface area contributed by atoms with Crippen LogP contribution in [-0.2, 0) is 5.41 Å². The van der Waals surface area contributed by atoms with Crippen LogP contribution in [0.5, 0.6) is 0 Å². The number of anilines is 3. The Bertz CT molecular complexity index is 2830. The van der Waals surface area contributed by atoms with Crippen molar-refractivity contribution in [2.24, 2.45) is 0 Å². The molecular weight excluding hydrogens is 651 g/mol. The van der Waals surface area contributed by atoms with Gasteiger partial charge < -0.3 is 4.90 Å². The van der Waals surface area contributed by atoms with Gasteiger partial charge >= 0.3 is 0 Å². The van der Waals surface area contributed by atoms with Crippen LogP contribution in [0.15, 0.2) is 200 Å². The molecule has 0 saturated carbocycles. The molecule has 1 aliphatic carbocycles. The Hall–Kier alpha value is -6.70. The molecule has 0 unspecified atom stereocenters. The van der Waals surface area contributed by atoms with E-state index in [0.29, 0.717) is 0 Å². The fourth-order valence-electron chi connectivity index (χ4n) is 8.66. The van der Waals surface area contributed by atoms with Gasteiger partial charge in [0.1, 0.15) is 0 Å². The van der Waals surface area contributed by atoms with Gasteiger partial charge in [-0.3, -0.25) is 0 Å². The summed E-state index contributed by atoms with van der Waals surface area (Å²) in [6.45, 7) is 4.77. The van der Waals surface area contributed by atoms with Gasteiger partial charge in [0.15, 0.2) is 0 Å². The molecule has 1 heteroatoms. The number of fused-ring (bicyclic) bond motifs is 6. The number of para-hydroxylation sites is 1. The maximum atomic E-state index is 2.45. The van der Waals surface area contributed by atoms with Gasteiger partial charge in [0, 0.05) is 22.5 Å². The molecule has 9 aromatic carbocycles. The van der Waals surface area contributed by atoms with Crippen molar-refractivity contribution in [3.63, 3.8) is 0 Å². The molecule has 1 nitrogen and oxygen atoms in total. The van der Waals surface area contributed by atoms with Crippen LogP contribution in [0.4, 0.5) is 17.1 Å². The predicted molar refractivity (Wildman–Crippen MR) is 230 cm³/mol. The number of nitrogens with zero attached hydrogens (tertiary/aromatic N) is 1. The second-order valence-corrected chi connectivity index (χ2v) is 15.0. The zero-order chi connectivity index (χ0) is 36.2. The maximum absolute atomic E-state index is 2.45. The van der Waals surface area contributed by atoms with Crippen LogP contribution in [0.2, 0.25) is 0 Å². The Morgan fingerprint density at radius 3 is 1.57 bits per heavy atom. The van der Waals surface area contributed by atoms with Crippen molar-refractivity contribution < 1.29 is 0 Å². The van der Waals surface area contributed by atoms with Gasteiger partial charge in [-0.15, -0.1) is 0 Å². The number of rotatable bonds is 6. The van der Waals surface area contributed by atoms with Crippen LogP contribution in [0, 0.1) is 0 Å². The van der Waals surface area contributed by atoms with Crippen LogP contribution in [0.1, 0.15) is 25.0 Å². The van der Waals surface area contributed by atoms with E-state index in [-0.39, 0.29) is 5.41 Å². The molecule has 0 radical (unpaired) electrons. The van der Waals surface area contributed by atoms with Gasteiger partial charge in [0.25, 0.3) is 0 Å². The molecule has 0 atom stereocenters. The minimum Gasteiger partial charge on any atom is -0.310 e.